The van der Waals surface area contributed by atoms with Crippen molar-refractivity contribution < 1.29 is 14.3 Å². The van der Waals surface area contributed by atoms with E-state index >= 15 is 0 Å². The Morgan fingerprint density at radius 2 is 2.11 bits per heavy atom. The maximum absolute atomic E-state index is 11.7. The fourth-order valence-corrected chi connectivity index (χ4v) is 1.95. The second-order valence-electron chi connectivity index (χ2n) is 4.85. The van der Waals surface area contributed by atoms with Gasteiger partial charge in [0.05, 0.1) is 9.88 Å². The third-order valence-electron chi connectivity index (χ3n) is 1.92. The molecule has 0 aliphatic rings. The Balaban J connectivity index is 2.30. The van der Waals surface area contributed by atoms with Crippen LogP contribution in [0.4, 0.5) is 4.79 Å². The molecule has 5 nitrogen and oxygen atoms in total. The van der Waals surface area contributed by atoms with Gasteiger partial charge in [0.15, 0.2) is 5.78 Å². The van der Waals surface area contributed by atoms with Crippen LogP contribution in [0, 0.1) is 6.92 Å². The zero-order valence-electron chi connectivity index (χ0n) is 11.1. The minimum atomic E-state index is -0.525. The Morgan fingerprint density at radius 3 is 2.61 bits per heavy atom. The Labute approximate surface area is 111 Å². The first-order valence-corrected chi connectivity index (χ1v) is 6.52. The van der Waals surface area contributed by atoms with Crippen molar-refractivity contribution in [2.24, 2.45) is 0 Å². The quantitative estimate of drug-likeness (QED) is 0.854. The standard InChI is InChI=1S/C12H18N2O3S/c1-8-14-7-10(18-8)9(15)5-6-13-11(16)17-12(2,3)4/h7H,5-6H2,1-4H3,(H,13,16). The number of thiazole rings is 1. The van der Waals surface area contributed by atoms with E-state index < -0.39 is 11.7 Å². The minimum Gasteiger partial charge on any atom is -0.444 e. The number of aryl methyl sites for hydroxylation is 1. The van der Waals surface area contributed by atoms with E-state index in [1.54, 1.807) is 27.0 Å². The van der Waals surface area contributed by atoms with E-state index in [1.807, 2.05) is 6.92 Å². The van der Waals surface area contributed by atoms with Crippen LogP contribution in [0.15, 0.2) is 6.20 Å². The summed E-state index contributed by atoms with van der Waals surface area (Å²) in [6.45, 7) is 7.48. The SMILES string of the molecule is Cc1ncc(C(=O)CCNC(=O)OC(C)(C)C)s1. The molecule has 0 fully saturated rings. The van der Waals surface area contributed by atoms with Gasteiger partial charge in [0, 0.05) is 19.2 Å². The molecule has 0 aliphatic heterocycles. The first kappa shape index (κ1) is 14.6. The highest BCUT2D eigenvalue weighted by Crippen LogP contribution is 2.13. The Morgan fingerprint density at radius 1 is 1.44 bits per heavy atom. The third-order valence-corrected chi connectivity index (χ3v) is 2.87. The molecule has 0 bridgehead atoms. The molecule has 0 atom stereocenters. The number of hydrogen-bond donors (Lipinski definition) is 1. The molecule has 100 valence electrons. The van der Waals surface area contributed by atoms with E-state index in [2.05, 4.69) is 10.3 Å². The molecule has 6 heteroatoms. The van der Waals surface area contributed by atoms with Crippen molar-refractivity contribution in [1.82, 2.24) is 10.3 Å². The molecule has 0 aromatic carbocycles. The van der Waals surface area contributed by atoms with Gasteiger partial charge < -0.3 is 10.1 Å². The van der Waals surface area contributed by atoms with Crippen molar-refractivity contribution >= 4 is 23.2 Å². The van der Waals surface area contributed by atoms with Gasteiger partial charge >= 0.3 is 6.09 Å². The number of aromatic nitrogens is 1. The summed E-state index contributed by atoms with van der Waals surface area (Å²) in [6.07, 6.45) is 1.31. The molecule has 1 heterocycles. The molecule has 1 rings (SSSR count). The number of ketones is 1. The molecule has 1 aromatic heterocycles. The normalized spacial score (nSPS) is 11.1. The second-order valence-corrected chi connectivity index (χ2v) is 6.08. The van der Waals surface area contributed by atoms with Crippen molar-refractivity contribution in [2.75, 3.05) is 6.54 Å². The van der Waals surface area contributed by atoms with Gasteiger partial charge in [-0.25, -0.2) is 9.78 Å². The van der Waals surface area contributed by atoms with Crippen LogP contribution in [0.1, 0.15) is 41.9 Å². The van der Waals surface area contributed by atoms with Gasteiger partial charge in [0.2, 0.25) is 0 Å². The third kappa shape index (κ3) is 5.27. The topological polar surface area (TPSA) is 68.3 Å². The van der Waals surface area contributed by atoms with Crippen LogP contribution in [0.5, 0.6) is 0 Å². The maximum atomic E-state index is 11.7. The number of nitrogens with zero attached hydrogens (tertiary/aromatic N) is 1. The Hall–Kier alpha value is -1.43. The van der Waals surface area contributed by atoms with Crippen molar-refractivity contribution in [3.63, 3.8) is 0 Å². The van der Waals surface area contributed by atoms with Gasteiger partial charge in [-0.05, 0) is 27.7 Å². The largest absolute Gasteiger partial charge is 0.444 e. The molecule has 0 saturated carbocycles. The smallest absolute Gasteiger partial charge is 0.407 e. The molecule has 1 amide bonds. The number of carbonyl (C=O) groups excluding carboxylic acids is 2. The molecule has 0 aliphatic carbocycles. The highest BCUT2D eigenvalue weighted by molar-refractivity contribution is 7.13. The van der Waals surface area contributed by atoms with Crippen LogP contribution < -0.4 is 5.32 Å². The first-order valence-electron chi connectivity index (χ1n) is 5.70. The molecule has 0 spiro atoms. The van der Waals surface area contributed by atoms with Gasteiger partial charge in [-0.1, -0.05) is 0 Å². The molecular formula is C12H18N2O3S. The monoisotopic (exact) mass is 270 g/mol. The molecule has 1 N–H and O–H groups in total. The van der Waals surface area contributed by atoms with Crippen molar-refractivity contribution in [1.29, 1.82) is 0 Å². The van der Waals surface area contributed by atoms with Crippen molar-refractivity contribution in [3.8, 4) is 0 Å². The summed E-state index contributed by atoms with van der Waals surface area (Å²) < 4.78 is 5.06. The summed E-state index contributed by atoms with van der Waals surface area (Å²) in [5.41, 5.74) is -0.525. The number of alkyl carbamates (subject to hydrolysis) is 1. The van der Waals surface area contributed by atoms with Crippen molar-refractivity contribution in [3.05, 3.63) is 16.1 Å². The number of ether oxygens (including phenoxy) is 1. The minimum absolute atomic E-state index is 0.0170. The van der Waals surface area contributed by atoms with Crippen LogP contribution in [0.2, 0.25) is 0 Å². The first-order chi connectivity index (χ1) is 8.28. The van der Waals surface area contributed by atoms with Gasteiger partial charge in [-0.3, -0.25) is 4.79 Å². The number of Topliss-reactive ketones (excluding diaryl/α,β-unsaturated/α-hetero) is 1. The van der Waals surface area contributed by atoms with E-state index in [0.29, 0.717) is 4.88 Å². The maximum Gasteiger partial charge on any atom is 0.407 e. The lowest BCUT2D eigenvalue weighted by molar-refractivity contribution is 0.0527. The molecule has 0 saturated heterocycles. The van der Waals surface area contributed by atoms with E-state index in [1.165, 1.54) is 11.3 Å². The average Bonchev–Trinajstić information content (AvgIpc) is 2.62. The van der Waals surface area contributed by atoms with Crippen LogP contribution >= 0.6 is 11.3 Å². The van der Waals surface area contributed by atoms with E-state index in [4.69, 9.17) is 4.74 Å². The molecular weight excluding hydrogens is 252 g/mol. The number of amides is 1. The highest BCUT2D eigenvalue weighted by atomic mass is 32.1. The van der Waals surface area contributed by atoms with Crippen LogP contribution in [-0.2, 0) is 4.74 Å². The summed E-state index contributed by atoms with van der Waals surface area (Å²) in [7, 11) is 0. The fraction of sp³-hybridized carbons (Fsp3) is 0.583. The summed E-state index contributed by atoms with van der Waals surface area (Å²) in [4.78, 5) is 27.7. The average molecular weight is 270 g/mol. The molecule has 1 aromatic rings. The van der Waals surface area contributed by atoms with Gasteiger partial charge in [-0.15, -0.1) is 11.3 Å². The van der Waals surface area contributed by atoms with Crippen LogP contribution in [0.3, 0.4) is 0 Å². The van der Waals surface area contributed by atoms with Gasteiger partial charge in [-0.2, -0.15) is 0 Å². The van der Waals surface area contributed by atoms with Crippen LogP contribution in [-0.4, -0.2) is 29.0 Å². The van der Waals surface area contributed by atoms with Crippen LogP contribution in [0.25, 0.3) is 0 Å². The number of rotatable bonds is 4. The number of carbonyl (C=O) groups is 2. The van der Waals surface area contributed by atoms with E-state index in [0.717, 1.165) is 5.01 Å². The summed E-state index contributed by atoms with van der Waals surface area (Å²) in [6, 6.07) is 0. The zero-order valence-corrected chi connectivity index (χ0v) is 11.9. The lowest BCUT2D eigenvalue weighted by atomic mass is 10.2. The zero-order chi connectivity index (χ0) is 13.8. The Kier molecular flexibility index (Phi) is 4.84. The summed E-state index contributed by atoms with van der Waals surface area (Å²) in [5.74, 6) is -0.0170. The predicted molar refractivity (Wildman–Crippen MR) is 70.0 cm³/mol. The molecule has 0 radical (unpaired) electrons. The lowest BCUT2D eigenvalue weighted by Gasteiger charge is -2.19. The summed E-state index contributed by atoms with van der Waals surface area (Å²) in [5, 5.41) is 3.41. The Bertz CT molecular complexity index is 435. The lowest BCUT2D eigenvalue weighted by Crippen LogP contribution is -2.33. The number of hydrogen-bond acceptors (Lipinski definition) is 5. The van der Waals surface area contributed by atoms with Crippen molar-refractivity contribution in [2.45, 2.75) is 39.7 Å². The summed E-state index contributed by atoms with van der Waals surface area (Å²) >= 11 is 1.36. The second kappa shape index (κ2) is 5.95. The predicted octanol–water partition coefficient (Wildman–Crippen LogP) is 2.55. The highest BCUT2D eigenvalue weighted by Gasteiger charge is 2.16. The van der Waals surface area contributed by atoms with E-state index in [9.17, 15) is 9.59 Å². The number of nitrogens with one attached hydrogen (secondary N) is 1. The van der Waals surface area contributed by atoms with E-state index in [-0.39, 0.29) is 18.7 Å². The van der Waals surface area contributed by atoms with Gasteiger partial charge in [0.25, 0.3) is 0 Å². The fourth-order valence-electron chi connectivity index (χ4n) is 1.21. The van der Waals surface area contributed by atoms with Gasteiger partial charge in [0.1, 0.15) is 5.60 Å². The molecule has 0 unspecified atom stereocenters. The molecule has 18 heavy (non-hydrogen) atoms.